The third kappa shape index (κ3) is 2.19. The van der Waals surface area contributed by atoms with Crippen molar-refractivity contribution in [3.05, 3.63) is 64.0 Å². The van der Waals surface area contributed by atoms with Crippen molar-refractivity contribution in [3.63, 3.8) is 0 Å². The summed E-state index contributed by atoms with van der Waals surface area (Å²) in [6, 6.07) is 13.0. The molecule has 0 aliphatic rings. The van der Waals surface area contributed by atoms with Gasteiger partial charge in [0.1, 0.15) is 22.7 Å². The van der Waals surface area contributed by atoms with Crippen LogP contribution in [0.15, 0.2) is 56.1 Å². The first-order valence-corrected chi connectivity index (χ1v) is 7.69. The first-order chi connectivity index (χ1) is 11.6. The van der Waals surface area contributed by atoms with Crippen LogP contribution in [-0.4, -0.2) is 7.11 Å². The number of furan rings is 1. The van der Waals surface area contributed by atoms with Crippen molar-refractivity contribution in [3.8, 4) is 17.1 Å². The summed E-state index contributed by atoms with van der Waals surface area (Å²) in [6.45, 7) is 3.95. The van der Waals surface area contributed by atoms with Gasteiger partial charge < -0.3 is 13.6 Å². The summed E-state index contributed by atoms with van der Waals surface area (Å²) in [4.78, 5) is 12.0. The highest BCUT2D eigenvalue weighted by molar-refractivity contribution is 5.97. The van der Waals surface area contributed by atoms with E-state index in [1.54, 1.807) is 7.11 Å². The molecule has 0 amide bonds. The second kappa shape index (κ2) is 5.27. The average Bonchev–Trinajstić information content (AvgIpc) is 2.89. The number of hydrogen-bond donors (Lipinski definition) is 0. The number of hydrogen-bond acceptors (Lipinski definition) is 4. The number of benzene rings is 2. The molecule has 4 aromatic rings. The van der Waals surface area contributed by atoms with E-state index >= 15 is 0 Å². The van der Waals surface area contributed by atoms with Crippen LogP contribution in [0.2, 0.25) is 0 Å². The van der Waals surface area contributed by atoms with Crippen LogP contribution in [0.3, 0.4) is 0 Å². The Kier molecular flexibility index (Phi) is 3.20. The van der Waals surface area contributed by atoms with Gasteiger partial charge in [0, 0.05) is 34.0 Å². The van der Waals surface area contributed by atoms with E-state index in [-0.39, 0.29) is 5.63 Å². The second-order valence-electron chi connectivity index (χ2n) is 5.90. The quantitative estimate of drug-likeness (QED) is 0.496. The average molecular weight is 320 g/mol. The van der Waals surface area contributed by atoms with Gasteiger partial charge in [0.05, 0.1) is 7.11 Å². The number of methoxy groups -OCH3 is 1. The maximum atomic E-state index is 12.0. The van der Waals surface area contributed by atoms with Gasteiger partial charge in [-0.2, -0.15) is 0 Å². The molecule has 24 heavy (non-hydrogen) atoms. The molecule has 2 heterocycles. The molecule has 0 aliphatic carbocycles. The minimum absolute atomic E-state index is 0.388. The summed E-state index contributed by atoms with van der Waals surface area (Å²) < 4.78 is 16.7. The Labute approximate surface area is 138 Å². The summed E-state index contributed by atoms with van der Waals surface area (Å²) >= 11 is 0. The van der Waals surface area contributed by atoms with Crippen molar-refractivity contribution in [2.45, 2.75) is 13.8 Å². The molecule has 0 bridgehead atoms. The van der Waals surface area contributed by atoms with E-state index in [2.05, 4.69) is 0 Å². The van der Waals surface area contributed by atoms with E-state index in [0.717, 1.165) is 38.8 Å². The van der Waals surface area contributed by atoms with Gasteiger partial charge in [-0.05, 0) is 37.6 Å². The zero-order chi connectivity index (χ0) is 16.8. The van der Waals surface area contributed by atoms with Crippen LogP contribution >= 0.6 is 0 Å². The summed E-state index contributed by atoms with van der Waals surface area (Å²) in [5.74, 6) is 1.41. The lowest BCUT2D eigenvalue weighted by atomic mass is 10.0. The maximum Gasteiger partial charge on any atom is 0.336 e. The van der Waals surface area contributed by atoms with E-state index in [0.29, 0.717) is 11.3 Å². The number of ether oxygens (including phenoxy) is 1. The van der Waals surface area contributed by atoms with Crippen molar-refractivity contribution < 1.29 is 13.6 Å². The summed E-state index contributed by atoms with van der Waals surface area (Å²) in [6.07, 6.45) is 0. The molecule has 0 spiro atoms. The molecule has 0 N–H and O–H groups in total. The highest BCUT2D eigenvalue weighted by Gasteiger charge is 2.17. The molecule has 0 saturated heterocycles. The molecule has 4 heteroatoms. The molecule has 0 saturated carbocycles. The van der Waals surface area contributed by atoms with E-state index in [4.69, 9.17) is 13.6 Å². The summed E-state index contributed by atoms with van der Waals surface area (Å²) in [5, 5.41) is 1.86. The summed E-state index contributed by atoms with van der Waals surface area (Å²) in [7, 11) is 1.62. The normalized spacial score (nSPS) is 11.3. The third-order valence-corrected chi connectivity index (χ3v) is 4.29. The van der Waals surface area contributed by atoms with Crippen LogP contribution in [0.1, 0.15) is 11.1 Å². The Morgan fingerprint density at radius 2 is 1.62 bits per heavy atom. The van der Waals surface area contributed by atoms with Crippen molar-refractivity contribution in [2.24, 2.45) is 0 Å². The van der Waals surface area contributed by atoms with Crippen molar-refractivity contribution in [1.82, 2.24) is 0 Å². The van der Waals surface area contributed by atoms with Gasteiger partial charge >= 0.3 is 5.63 Å². The lowest BCUT2D eigenvalue weighted by Gasteiger charge is -2.04. The van der Waals surface area contributed by atoms with Crippen LogP contribution < -0.4 is 10.4 Å². The van der Waals surface area contributed by atoms with Gasteiger partial charge in [-0.25, -0.2) is 4.79 Å². The first kappa shape index (κ1) is 14.6. The maximum absolute atomic E-state index is 12.0. The van der Waals surface area contributed by atoms with Crippen LogP contribution in [0.4, 0.5) is 0 Å². The van der Waals surface area contributed by atoms with Crippen LogP contribution in [-0.2, 0) is 0 Å². The van der Waals surface area contributed by atoms with Crippen LogP contribution in [0.5, 0.6) is 5.75 Å². The van der Waals surface area contributed by atoms with Gasteiger partial charge in [-0.1, -0.05) is 12.1 Å². The smallest absolute Gasteiger partial charge is 0.336 e. The van der Waals surface area contributed by atoms with Crippen molar-refractivity contribution in [2.75, 3.05) is 7.11 Å². The van der Waals surface area contributed by atoms with E-state index in [1.165, 1.54) is 6.07 Å². The highest BCUT2D eigenvalue weighted by atomic mass is 16.5. The van der Waals surface area contributed by atoms with Crippen molar-refractivity contribution >= 4 is 21.9 Å². The van der Waals surface area contributed by atoms with Gasteiger partial charge in [0.2, 0.25) is 0 Å². The fourth-order valence-corrected chi connectivity index (χ4v) is 3.05. The predicted molar refractivity (Wildman–Crippen MR) is 93.7 cm³/mol. The number of aryl methyl sites for hydroxylation is 2. The SMILES string of the molecule is COc1ccc2c(C)c(-c3cc(=O)oc4cc(C)ccc34)oc2c1. The zero-order valence-corrected chi connectivity index (χ0v) is 13.7. The van der Waals surface area contributed by atoms with Crippen LogP contribution in [0.25, 0.3) is 33.3 Å². The molecule has 120 valence electrons. The molecule has 0 fully saturated rings. The minimum atomic E-state index is -0.388. The monoisotopic (exact) mass is 320 g/mol. The molecule has 0 aliphatic heterocycles. The van der Waals surface area contributed by atoms with Gasteiger partial charge in [0.15, 0.2) is 0 Å². The molecular formula is C20H16O4. The van der Waals surface area contributed by atoms with E-state index in [1.807, 2.05) is 50.2 Å². The molecule has 0 unspecified atom stereocenters. The van der Waals surface area contributed by atoms with Gasteiger partial charge in [-0.3, -0.25) is 0 Å². The lowest BCUT2D eigenvalue weighted by molar-refractivity contribution is 0.414. The fourth-order valence-electron chi connectivity index (χ4n) is 3.05. The predicted octanol–water partition coefficient (Wildman–Crippen LogP) is 4.83. The van der Waals surface area contributed by atoms with E-state index in [9.17, 15) is 4.79 Å². The Morgan fingerprint density at radius 3 is 2.42 bits per heavy atom. The Bertz CT molecular complexity index is 1130. The first-order valence-electron chi connectivity index (χ1n) is 7.69. The third-order valence-electron chi connectivity index (χ3n) is 4.29. The Hall–Kier alpha value is -3.01. The second-order valence-corrected chi connectivity index (χ2v) is 5.90. The zero-order valence-electron chi connectivity index (χ0n) is 13.7. The lowest BCUT2D eigenvalue weighted by Crippen LogP contribution is -1.98. The van der Waals surface area contributed by atoms with Crippen LogP contribution in [0, 0.1) is 13.8 Å². The topological polar surface area (TPSA) is 52.6 Å². The minimum Gasteiger partial charge on any atom is -0.497 e. The van der Waals surface area contributed by atoms with E-state index < -0.39 is 0 Å². The Balaban J connectivity index is 2.05. The molecule has 4 nitrogen and oxygen atoms in total. The molecule has 2 aromatic heterocycles. The number of fused-ring (bicyclic) bond motifs is 2. The fraction of sp³-hybridized carbons (Fsp3) is 0.150. The largest absolute Gasteiger partial charge is 0.497 e. The van der Waals surface area contributed by atoms with Crippen molar-refractivity contribution in [1.29, 1.82) is 0 Å². The molecule has 0 atom stereocenters. The van der Waals surface area contributed by atoms with Gasteiger partial charge in [0.25, 0.3) is 0 Å². The molecular weight excluding hydrogens is 304 g/mol. The van der Waals surface area contributed by atoms with Gasteiger partial charge in [-0.15, -0.1) is 0 Å². The molecule has 2 aromatic carbocycles. The highest BCUT2D eigenvalue weighted by Crippen LogP contribution is 2.37. The standard InChI is InChI=1S/C20H16O4/c1-11-4-6-15-16(10-19(21)23-17(15)8-11)20-12(2)14-7-5-13(22-3)9-18(14)24-20/h4-10H,1-3H3. The molecule has 4 rings (SSSR count). The summed E-state index contributed by atoms with van der Waals surface area (Å²) in [5.41, 5.74) is 3.67. The number of rotatable bonds is 2. The molecule has 0 radical (unpaired) electrons. The Morgan fingerprint density at radius 1 is 0.875 bits per heavy atom.